The number of hydrogen-bond donors (Lipinski definition) is 0. The maximum absolute atomic E-state index is 11.1. The number of hydrogen-bond acceptors (Lipinski definition) is 3. The molecule has 0 unspecified atom stereocenters. The lowest BCUT2D eigenvalue weighted by atomic mass is 10.3. The zero-order valence-corrected chi connectivity index (χ0v) is 6.68. The predicted octanol–water partition coefficient (Wildman–Crippen LogP) is 0.685. The van der Waals surface area contributed by atoms with E-state index in [-0.39, 0.29) is 5.78 Å². The van der Waals surface area contributed by atoms with E-state index >= 15 is 0 Å². The van der Waals surface area contributed by atoms with E-state index in [2.05, 4.69) is 0 Å². The van der Waals surface area contributed by atoms with Crippen LogP contribution in [0.2, 0.25) is 0 Å². The number of hydrazine groups is 1. The maximum Gasteiger partial charge on any atom is 0.176 e. The number of carbonyl (C=O) groups excluding carboxylic acids is 1. The number of allylic oxidation sites excluding steroid dienone is 2. The summed E-state index contributed by atoms with van der Waals surface area (Å²) in [6.45, 7) is 1.21. The average molecular weight is 162 g/mol. The lowest BCUT2D eigenvalue weighted by Gasteiger charge is -2.31. The molecule has 2 heterocycles. The Hall–Kier alpha value is -1.51. The van der Waals surface area contributed by atoms with Gasteiger partial charge in [-0.15, -0.1) is 0 Å². The standard InChI is InChI=1S/C9H10N2O/c12-9-4-3-7-10-5-1-2-6-11(10)8-9/h1-6H,7-8H2. The smallest absolute Gasteiger partial charge is 0.176 e. The highest BCUT2D eigenvalue weighted by Gasteiger charge is 2.14. The molecule has 0 amide bonds. The zero-order valence-electron chi connectivity index (χ0n) is 6.68. The Morgan fingerprint density at radius 2 is 1.92 bits per heavy atom. The Labute approximate surface area is 71.2 Å². The highest BCUT2D eigenvalue weighted by molar-refractivity contribution is 5.91. The van der Waals surface area contributed by atoms with Crippen LogP contribution < -0.4 is 0 Å². The molecule has 62 valence electrons. The summed E-state index contributed by atoms with van der Waals surface area (Å²) < 4.78 is 0. The Bertz CT molecular complexity index is 278. The van der Waals surface area contributed by atoms with Crippen LogP contribution >= 0.6 is 0 Å². The van der Waals surface area contributed by atoms with E-state index in [1.54, 1.807) is 6.08 Å². The van der Waals surface area contributed by atoms with Crippen LogP contribution in [0.15, 0.2) is 36.7 Å². The van der Waals surface area contributed by atoms with Crippen molar-refractivity contribution in [3.05, 3.63) is 36.7 Å². The molecule has 0 N–H and O–H groups in total. The molecule has 0 saturated carbocycles. The van der Waals surface area contributed by atoms with Crippen molar-refractivity contribution < 1.29 is 4.79 Å². The summed E-state index contributed by atoms with van der Waals surface area (Å²) in [5.41, 5.74) is 0. The van der Waals surface area contributed by atoms with Gasteiger partial charge >= 0.3 is 0 Å². The summed E-state index contributed by atoms with van der Waals surface area (Å²) in [4.78, 5) is 11.1. The van der Waals surface area contributed by atoms with Gasteiger partial charge in [-0.25, -0.2) is 0 Å². The Morgan fingerprint density at radius 3 is 2.75 bits per heavy atom. The quantitative estimate of drug-likeness (QED) is 0.523. The van der Waals surface area contributed by atoms with Crippen LogP contribution in [0.1, 0.15) is 0 Å². The lowest BCUT2D eigenvalue weighted by molar-refractivity contribution is -0.117. The van der Waals surface area contributed by atoms with Crippen LogP contribution in [0.5, 0.6) is 0 Å². The van der Waals surface area contributed by atoms with Crippen molar-refractivity contribution in [1.29, 1.82) is 0 Å². The van der Waals surface area contributed by atoms with Gasteiger partial charge in [0.25, 0.3) is 0 Å². The van der Waals surface area contributed by atoms with Gasteiger partial charge in [0.15, 0.2) is 5.78 Å². The van der Waals surface area contributed by atoms with Gasteiger partial charge in [0, 0.05) is 12.4 Å². The van der Waals surface area contributed by atoms with Gasteiger partial charge in [-0.05, 0) is 18.2 Å². The van der Waals surface area contributed by atoms with Crippen LogP contribution in [0, 0.1) is 0 Å². The number of nitrogens with zero attached hydrogens (tertiary/aromatic N) is 2. The zero-order chi connectivity index (χ0) is 8.39. The monoisotopic (exact) mass is 162 g/mol. The molecule has 2 aliphatic heterocycles. The molecule has 0 bridgehead atoms. The summed E-state index contributed by atoms with van der Waals surface area (Å²) in [6, 6.07) is 0. The molecule has 2 rings (SSSR count). The third-order valence-corrected chi connectivity index (χ3v) is 1.87. The van der Waals surface area contributed by atoms with Crippen molar-refractivity contribution in [2.24, 2.45) is 0 Å². The molecule has 0 saturated heterocycles. The van der Waals surface area contributed by atoms with E-state index in [1.807, 2.05) is 40.6 Å². The molecule has 0 aromatic carbocycles. The Kier molecular flexibility index (Phi) is 1.70. The highest BCUT2D eigenvalue weighted by Crippen LogP contribution is 2.08. The van der Waals surface area contributed by atoms with Gasteiger partial charge in [0.05, 0.1) is 6.54 Å². The van der Waals surface area contributed by atoms with Crippen LogP contribution in [0.4, 0.5) is 0 Å². The van der Waals surface area contributed by atoms with E-state index in [4.69, 9.17) is 0 Å². The van der Waals surface area contributed by atoms with Gasteiger partial charge in [0.1, 0.15) is 6.54 Å². The van der Waals surface area contributed by atoms with Crippen LogP contribution in [0.25, 0.3) is 0 Å². The molecule has 0 atom stereocenters. The minimum Gasteiger partial charge on any atom is -0.293 e. The molecule has 0 aromatic rings. The van der Waals surface area contributed by atoms with Crippen LogP contribution in [0.3, 0.4) is 0 Å². The summed E-state index contributed by atoms with van der Waals surface area (Å²) in [6.07, 6.45) is 11.3. The molecule has 0 aliphatic carbocycles. The summed E-state index contributed by atoms with van der Waals surface area (Å²) in [5, 5.41) is 3.91. The van der Waals surface area contributed by atoms with E-state index in [9.17, 15) is 4.79 Å². The Balaban J connectivity index is 2.19. The number of carbonyl (C=O) groups is 1. The fourth-order valence-corrected chi connectivity index (χ4v) is 1.28. The largest absolute Gasteiger partial charge is 0.293 e. The minimum atomic E-state index is 0.150. The highest BCUT2D eigenvalue weighted by atomic mass is 16.1. The van der Waals surface area contributed by atoms with E-state index in [0.29, 0.717) is 6.54 Å². The lowest BCUT2D eigenvalue weighted by Crippen LogP contribution is -2.37. The van der Waals surface area contributed by atoms with E-state index < -0.39 is 0 Å². The van der Waals surface area contributed by atoms with Crippen molar-refractivity contribution in [3.8, 4) is 0 Å². The molecular weight excluding hydrogens is 152 g/mol. The second kappa shape index (κ2) is 2.85. The molecule has 3 nitrogen and oxygen atoms in total. The first kappa shape index (κ1) is 7.16. The fraction of sp³-hybridized carbons (Fsp3) is 0.222. The van der Waals surface area contributed by atoms with Crippen molar-refractivity contribution >= 4 is 5.78 Å². The number of ketones is 1. The normalized spacial score (nSPS) is 21.2. The third kappa shape index (κ3) is 1.25. The number of fused-ring (bicyclic) bond motifs is 1. The van der Waals surface area contributed by atoms with Gasteiger partial charge in [-0.1, -0.05) is 6.08 Å². The SMILES string of the molecule is O=C1C=CCN2C=CC=CN2C1. The van der Waals surface area contributed by atoms with Crippen LogP contribution in [-0.4, -0.2) is 28.9 Å². The van der Waals surface area contributed by atoms with Gasteiger partial charge in [-0.2, -0.15) is 0 Å². The van der Waals surface area contributed by atoms with E-state index in [1.165, 1.54) is 0 Å². The van der Waals surface area contributed by atoms with Crippen LogP contribution in [-0.2, 0) is 4.79 Å². The fourth-order valence-electron chi connectivity index (χ4n) is 1.28. The molecule has 12 heavy (non-hydrogen) atoms. The molecule has 3 heteroatoms. The molecule has 2 aliphatic rings. The van der Waals surface area contributed by atoms with Crippen molar-refractivity contribution in [1.82, 2.24) is 10.0 Å². The summed E-state index contributed by atoms with van der Waals surface area (Å²) in [7, 11) is 0. The molecule has 0 spiro atoms. The van der Waals surface area contributed by atoms with Crippen molar-refractivity contribution in [2.45, 2.75) is 0 Å². The molecule has 0 radical (unpaired) electrons. The molecular formula is C9H10N2O. The Morgan fingerprint density at radius 1 is 1.17 bits per heavy atom. The van der Waals surface area contributed by atoms with Crippen molar-refractivity contribution in [3.63, 3.8) is 0 Å². The van der Waals surface area contributed by atoms with Gasteiger partial charge < -0.3 is 0 Å². The topological polar surface area (TPSA) is 23.6 Å². The first-order chi connectivity index (χ1) is 5.86. The summed E-state index contributed by atoms with van der Waals surface area (Å²) >= 11 is 0. The average Bonchev–Trinajstić information content (AvgIpc) is 2.25. The van der Waals surface area contributed by atoms with E-state index in [0.717, 1.165) is 6.54 Å². The minimum absolute atomic E-state index is 0.150. The first-order valence-corrected chi connectivity index (χ1v) is 3.94. The third-order valence-electron chi connectivity index (χ3n) is 1.87. The molecule has 0 fully saturated rings. The van der Waals surface area contributed by atoms with Crippen molar-refractivity contribution in [2.75, 3.05) is 13.1 Å². The van der Waals surface area contributed by atoms with Gasteiger partial charge in [0.2, 0.25) is 0 Å². The maximum atomic E-state index is 11.1. The second-order valence-corrected chi connectivity index (χ2v) is 2.77. The summed E-state index contributed by atoms with van der Waals surface area (Å²) in [5.74, 6) is 0.150. The van der Waals surface area contributed by atoms with Gasteiger partial charge in [-0.3, -0.25) is 14.8 Å². The second-order valence-electron chi connectivity index (χ2n) is 2.77. The molecule has 0 aromatic heterocycles. The predicted molar refractivity (Wildman–Crippen MR) is 45.8 cm³/mol. The first-order valence-electron chi connectivity index (χ1n) is 3.94. The number of rotatable bonds is 0.